The molecule has 0 aliphatic carbocycles. The second-order valence-corrected chi connectivity index (χ2v) is 4.40. The highest BCUT2D eigenvalue weighted by atomic mass is 16.5. The van der Waals surface area contributed by atoms with E-state index in [2.05, 4.69) is 33.8 Å². The first kappa shape index (κ1) is 13.7. The second-order valence-electron chi connectivity index (χ2n) is 4.40. The van der Waals surface area contributed by atoms with Gasteiger partial charge in [-0.15, -0.1) is 5.10 Å². The van der Waals surface area contributed by atoms with Gasteiger partial charge in [0.15, 0.2) is 0 Å². The summed E-state index contributed by atoms with van der Waals surface area (Å²) in [5.41, 5.74) is 2.54. The molecule has 102 valence electrons. The molecule has 0 fully saturated rings. The van der Waals surface area contributed by atoms with Crippen LogP contribution in [0.25, 0.3) is 0 Å². The number of methoxy groups -OCH3 is 1. The van der Waals surface area contributed by atoms with Crippen molar-refractivity contribution in [3.05, 3.63) is 47.8 Å². The Bertz CT molecular complexity index is 470. The van der Waals surface area contributed by atoms with Crippen molar-refractivity contribution in [3.63, 3.8) is 0 Å². The van der Waals surface area contributed by atoms with Crippen LogP contribution >= 0.6 is 0 Å². The van der Waals surface area contributed by atoms with E-state index in [1.54, 1.807) is 13.3 Å². The number of nitrogens with zero attached hydrogens (tertiary/aromatic N) is 3. The van der Waals surface area contributed by atoms with E-state index in [4.69, 9.17) is 4.74 Å². The topological polar surface area (TPSA) is 52.0 Å². The Morgan fingerprint density at radius 2 is 2.11 bits per heavy atom. The monoisotopic (exact) mass is 260 g/mol. The van der Waals surface area contributed by atoms with Crippen LogP contribution in [0.5, 0.6) is 0 Å². The molecule has 19 heavy (non-hydrogen) atoms. The van der Waals surface area contributed by atoms with Crippen LogP contribution in [0.3, 0.4) is 0 Å². The summed E-state index contributed by atoms with van der Waals surface area (Å²) in [7, 11) is 1.72. The van der Waals surface area contributed by atoms with Gasteiger partial charge in [-0.25, -0.2) is 0 Å². The van der Waals surface area contributed by atoms with Gasteiger partial charge in [0.2, 0.25) is 0 Å². The van der Waals surface area contributed by atoms with Crippen molar-refractivity contribution in [1.29, 1.82) is 0 Å². The summed E-state index contributed by atoms with van der Waals surface area (Å²) >= 11 is 0. The zero-order valence-electron chi connectivity index (χ0n) is 11.2. The summed E-state index contributed by atoms with van der Waals surface area (Å²) in [6.07, 6.45) is 4.62. The van der Waals surface area contributed by atoms with E-state index >= 15 is 0 Å². The Kier molecular flexibility index (Phi) is 5.52. The summed E-state index contributed by atoms with van der Waals surface area (Å²) in [6, 6.07) is 8.35. The molecule has 5 nitrogen and oxygen atoms in total. The van der Waals surface area contributed by atoms with E-state index < -0.39 is 0 Å². The lowest BCUT2D eigenvalue weighted by Crippen LogP contribution is -2.17. The molecule has 1 N–H and O–H groups in total. The van der Waals surface area contributed by atoms with Gasteiger partial charge in [-0.2, -0.15) is 0 Å². The number of aryl methyl sites for hydroxylation is 1. The van der Waals surface area contributed by atoms with Gasteiger partial charge in [0.05, 0.1) is 12.8 Å². The predicted octanol–water partition coefficient (Wildman–Crippen LogP) is 1.60. The van der Waals surface area contributed by atoms with Gasteiger partial charge in [0.25, 0.3) is 0 Å². The Morgan fingerprint density at radius 1 is 1.26 bits per heavy atom. The van der Waals surface area contributed by atoms with Gasteiger partial charge in [-0.3, -0.25) is 4.68 Å². The van der Waals surface area contributed by atoms with Gasteiger partial charge < -0.3 is 10.1 Å². The van der Waals surface area contributed by atoms with Gasteiger partial charge in [0, 0.05) is 26.4 Å². The van der Waals surface area contributed by atoms with Crippen molar-refractivity contribution in [1.82, 2.24) is 20.3 Å². The van der Waals surface area contributed by atoms with Crippen LogP contribution in [0, 0.1) is 0 Å². The summed E-state index contributed by atoms with van der Waals surface area (Å²) in [4.78, 5) is 0. The van der Waals surface area contributed by atoms with Crippen LogP contribution in [0.15, 0.2) is 36.7 Å². The third kappa shape index (κ3) is 4.46. The molecular weight excluding hydrogens is 240 g/mol. The maximum absolute atomic E-state index is 5.20. The highest BCUT2D eigenvalue weighted by Gasteiger charge is 2.00. The largest absolute Gasteiger partial charge is 0.380 e. The van der Waals surface area contributed by atoms with Crippen molar-refractivity contribution < 1.29 is 4.74 Å². The maximum Gasteiger partial charge on any atom is 0.0716 e. The molecule has 1 aromatic heterocycles. The van der Waals surface area contributed by atoms with E-state index in [0.29, 0.717) is 6.61 Å². The minimum absolute atomic E-state index is 0.664. The number of ether oxygens (including phenoxy) is 1. The van der Waals surface area contributed by atoms with E-state index in [1.165, 1.54) is 11.1 Å². The Hall–Kier alpha value is -1.72. The molecule has 0 aliphatic rings. The van der Waals surface area contributed by atoms with Crippen LogP contribution in [-0.4, -0.2) is 28.6 Å². The number of rotatable bonds is 8. The summed E-state index contributed by atoms with van der Waals surface area (Å²) < 4.78 is 7.05. The second kappa shape index (κ2) is 7.66. The summed E-state index contributed by atoms with van der Waals surface area (Å²) in [6.45, 7) is 3.39. The van der Waals surface area contributed by atoms with Crippen LogP contribution < -0.4 is 5.32 Å². The highest BCUT2D eigenvalue weighted by molar-refractivity contribution is 5.26. The lowest BCUT2D eigenvalue weighted by Gasteiger charge is -2.10. The van der Waals surface area contributed by atoms with Gasteiger partial charge in [-0.05, 0) is 24.1 Å². The van der Waals surface area contributed by atoms with Crippen molar-refractivity contribution >= 4 is 0 Å². The standard InChI is InChI=1S/C14H20N4O/c1-19-12-14-6-3-2-5-13(14)11-15-7-4-9-18-10-8-16-17-18/h2-3,5-6,8,10,15H,4,7,9,11-12H2,1H3. The molecule has 0 bridgehead atoms. The fourth-order valence-electron chi connectivity index (χ4n) is 1.97. The predicted molar refractivity (Wildman–Crippen MR) is 73.5 cm³/mol. The number of hydrogen-bond donors (Lipinski definition) is 1. The zero-order valence-corrected chi connectivity index (χ0v) is 11.2. The molecule has 0 amide bonds. The van der Waals surface area contributed by atoms with Crippen molar-refractivity contribution in [2.24, 2.45) is 0 Å². The molecule has 1 aromatic carbocycles. The smallest absolute Gasteiger partial charge is 0.0716 e. The summed E-state index contributed by atoms with van der Waals surface area (Å²) in [5.74, 6) is 0. The molecule has 2 aromatic rings. The average Bonchev–Trinajstić information content (AvgIpc) is 2.94. The Labute approximate surface area is 113 Å². The zero-order chi connectivity index (χ0) is 13.3. The third-order valence-electron chi connectivity index (χ3n) is 2.95. The molecule has 5 heteroatoms. The van der Waals surface area contributed by atoms with Crippen LogP contribution in [-0.2, 0) is 24.4 Å². The first-order chi connectivity index (χ1) is 9.40. The van der Waals surface area contributed by atoms with Gasteiger partial charge in [-0.1, -0.05) is 29.5 Å². The number of hydrogen-bond acceptors (Lipinski definition) is 4. The minimum atomic E-state index is 0.664. The fraction of sp³-hybridized carbons (Fsp3) is 0.429. The van der Waals surface area contributed by atoms with E-state index in [1.807, 2.05) is 16.9 Å². The first-order valence-electron chi connectivity index (χ1n) is 6.50. The van der Waals surface area contributed by atoms with Crippen LogP contribution in [0.2, 0.25) is 0 Å². The normalized spacial score (nSPS) is 10.8. The first-order valence-corrected chi connectivity index (χ1v) is 6.50. The minimum Gasteiger partial charge on any atom is -0.380 e. The van der Waals surface area contributed by atoms with Gasteiger partial charge in [0.1, 0.15) is 0 Å². The molecule has 0 saturated heterocycles. The van der Waals surface area contributed by atoms with Crippen LogP contribution in [0.1, 0.15) is 17.5 Å². The molecule has 0 aliphatic heterocycles. The number of aromatic nitrogens is 3. The van der Waals surface area contributed by atoms with E-state index in [0.717, 1.165) is 26.1 Å². The molecule has 0 saturated carbocycles. The molecule has 0 atom stereocenters. The quantitative estimate of drug-likeness (QED) is 0.733. The molecule has 2 rings (SSSR count). The fourth-order valence-corrected chi connectivity index (χ4v) is 1.97. The average molecular weight is 260 g/mol. The SMILES string of the molecule is COCc1ccccc1CNCCCn1ccnn1. The van der Waals surface area contributed by atoms with Gasteiger partial charge >= 0.3 is 0 Å². The maximum atomic E-state index is 5.20. The molecular formula is C14H20N4O. The third-order valence-corrected chi connectivity index (χ3v) is 2.95. The highest BCUT2D eigenvalue weighted by Crippen LogP contribution is 2.09. The lowest BCUT2D eigenvalue weighted by molar-refractivity contribution is 0.184. The molecule has 0 spiro atoms. The molecule has 0 radical (unpaired) electrons. The van der Waals surface area contributed by atoms with Crippen molar-refractivity contribution in [2.45, 2.75) is 26.1 Å². The van der Waals surface area contributed by atoms with E-state index in [9.17, 15) is 0 Å². The van der Waals surface area contributed by atoms with Crippen molar-refractivity contribution in [2.75, 3.05) is 13.7 Å². The Morgan fingerprint density at radius 3 is 2.84 bits per heavy atom. The molecule has 1 heterocycles. The molecule has 0 unspecified atom stereocenters. The lowest BCUT2D eigenvalue weighted by atomic mass is 10.1. The Balaban J connectivity index is 1.70. The van der Waals surface area contributed by atoms with E-state index in [-0.39, 0.29) is 0 Å². The number of nitrogens with one attached hydrogen (secondary N) is 1. The number of benzene rings is 1. The summed E-state index contributed by atoms with van der Waals surface area (Å²) in [5, 5.41) is 11.2. The van der Waals surface area contributed by atoms with Crippen LogP contribution in [0.4, 0.5) is 0 Å². The van der Waals surface area contributed by atoms with Crippen molar-refractivity contribution in [3.8, 4) is 0 Å².